The highest BCUT2D eigenvalue weighted by Gasteiger charge is 2.22. The van der Waals surface area contributed by atoms with Crippen LogP contribution >= 0.6 is 22.9 Å². The summed E-state index contributed by atoms with van der Waals surface area (Å²) in [7, 11) is 0. The Labute approximate surface area is 221 Å². The van der Waals surface area contributed by atoms with Crippen molar-refractivity contribution in [3.05, 3.63) is 72.1 Å². The van der Waals surface area contributed by atoms with Crippen molar-refractivity contribution < 1.29 is 13.9 Å². The van der Waals surface area contributed by atoms with E-state index in [-0.39, 0.29) is 22.8 Å². The molecule has 36 heavy (non-hydrogen) atoms. The van der Waals surface area contributed by atoms with Crippen LogP contribution in [0, 0.1) is 37.4 Å². The number of nitrogens with zero attached hydrogens (tertiary/aromatic N) is 4. The van der Waals surface area contributed by atoms with Crippen molar-refractivity contribution in [2.24, 2.45) is 5.92 Å². The van der Waals surface area contributed by atoms with Crippen molar-refractivity contribution in [2.75, 3.05) is 8.43 Å². The van der Waals surface area contributed by atoms with E-state index in [0.29, 0.717) is 22.7 Å². The Bertz CT molecular complexity index is 1530. The molecule has 5 rings (SSSR count). The van der Waals surface area contributed by atoms with Gasteiger partial charge < -0.3 is 10.1 Å². The highest BCUT2D eigenvalue weighted by molar-refractivity contribution is 14.1. The molecule has 1 saturated carbocycles. The lowest BCUT2D eigenvalue weighted by atomic mass is 10.1. The molecule has 7 nitrogen and oxygen atoms in total. The minimum absolute atomic E-state index is 0.0997. The predicted octanol–water partition coefficient (Wildman–Crippen LogP) is 6.41. The summed E-state index contributed by atoms with van der Waals surface area (Å²) in [5, 5.41) is 3.36. The number of rotatable bonds is 5. The Morgan fingerprint density at radius 1 is 1.14 bits per heavy atom. The van der Waals surface area contributed by atoms with Crippen LogP contribution in [0.1, 0.15) is 24.1 Å². The number of carbonyl (C=O) groups is 1. The SMILES string of the molecule is Cc1ccc(Oc2ccc(Nc3ncnc4ccc(N(I)C(=O)C#CC5CC5)c(F)c34)cc2C)cn1. The molecule has 0 aliphatic heterocycles. The van der Waals surface area contributed by atoms with E-state index < -0.39 is 11.7 Å². The van der Waals surface area contributed by atoms with Gasteiger partial charge in [-0.25, -0.2) is 17.5 Å². The zero-order chi connectivity index (χ0) is 25.2. The summed E-state index contributed by atoms with van der Waals surface area (Å²) in [6, 6.07) is 12.5. The number of carbonyl (C=O) groups excluding carboxylic acids is 1. The second-order valence-corrected chi connectivity index (χ2v) is 9.45. The van der Waals surface area contributed by atoms with Crippen LogP contribution in [-0.4, -0.2) is 20.9 Å². The number of amides is 1. The molecular weight excluding hydrogens is 572 g/mol. The lowest BCUT2D eigenvalue weighted by Crippen LogP contribution is -2.19. The number of aromatic nitrogens is 3. The first kappa shape index (κ1) is 23.9. The summed E-state index contributed by atoms with van der Waals surface area (Å²) in [4.78, 5) is 25.2. The Morgan fingerprint density at radius 3 is 2.69 bits per heavy atom. The molecule has 1 N–H and O–H groups in total. The van der Waals surface area contributed by atoms with Crippen LogP contribution in [-0.2, 0) is 4.79 Å². The molecule has 180 valence electrons. The van der Waals surface area contributed by atoms with E-state index in [4.69, 9.17) is 4.74 Å². The van der Waals surface area contributed by atoms with Crippen LogP contribution in [0.25, 0.3) is 10.9 Å². The summed E-state index contributed by atoms with van der Waals surface area (Å²) in [5.41, 5.74) is 3.00. The zero-order valence-electron chi connectivity index (χ0n) is 19.5. The van der Waals surface area contributed by atoms with Gasteiger partial charge in [-0.1, -0.05) is 5.92 Å². The van der Waals surface area contributed by atoms with Gasteiger partial charge in [0.2, 0.25) is 0 Å². The standard InChI is InChI=1S/C27H21FIN5O2/c1-16-13-19(7-11-23(16)36-20-8-3-17(2)30-14-20)33-27-25-21(31-15-32-27)9-10-22(26(25)28)34(29)24(35)12-6-18-4-5-18/h3,7-11,13-15,18H,4-5H2,1-2H3,(H,31,32,33). The monoisotopic (exact) mass is 593 g/mol. The van der Waals surface area contributed by atoms with Crippen molar-refractivity contribution in [1.29, 1.82) is 0 Å². The minimum Gasteiger partial charge on any atom is -0.455 e. The molecule has 1 aliphatic carbocycles. The number of halogens is 2. The van der Waals surface area contributed by atoms with Crippen molar-refractivity contribution in [1.82, 2.24) is 15.0 Å². The lowest BCUT2D eigenvalue weighted by molar-refractivity contribution is -0.112. The molecule has 0 radical (unpaired) electrons. The number of aryl methyl sites for hydroxylation is 2. The molecular formula is C27H21FIN5O2. The molecule has 9 heteroatoms. The van der Waals surface area contributed by atoms with E-state index in [0.717, 1.165) is 24.1 Å². The smallest absolute Gasteiger partial charge is 0.311 e. The van der Waals surface area contributed by atoms with Crippen molar-refractivity contribution in [3.8, 4) is 23.3 Å². The topological polar surface area (TPSA) is 80.2 Å². The largest absolute Gasteiger partial charge is 0.455 e. The molecule has 0 spiro atoms. The molecule has 1 aliphatic rings. The molecule has 0 atom stereocenters. The van der Waals surface area contributed by atoms with Crippen LogP contribution in [0.2, 0.25) is 0 Å². The van der Waals surface area contributed by atoms with Gasteiger partial charge in [0.15, 0.2) is 5.82 Å². The summed E-state index contributed by atoms with van der Waals surface area (Å²) >= 11 is 1.77. The minimum atomic E-state index is -0.602. The molecule has 1 fully saturated rings. The fourth-order valence-corrected chi connectivity index (χ4v) is 4.01. The highest BCUT2D eigenvalue weighted by atomic mass is 127. The Balaban J connectivity index is 1.42. The zero-order valence-corrected chi connectivity index (χ0v) is 21.7. The van der Waals surface area contributed by atoms with Gasteiger partial charge in [-0.2, -0.15) is 0 Å². The van der Waals surface area contributed by atoms with E-state index in [1.54, 1.807) is 35.1 Å². The average molecular weight is 593 g/mol. The molecule has 1 amide bonds. The summed E-state index contributed by atoms with van der Waals surface area (Å²) in [5.74, 6) is 6.33. The summed E-state index contributed by atoms with van der Waals surface area (Å²) in [6.07, 6.45) is 5.06. The second kappa shape index (κ2) is 10.1. The van der Waals surface area contributed by atoms with E-state index >= 15 is 4.39 Å². The van der Waals surface area contributed by atoms with Gasteiger partial charge in [0.1, 0.15) is 23.6 Å². The van der Waals surface area contributed by atoms with Crippen molar-refractivity contribution in [3.63, 3.8) is 0 Å². The molecule has 2 aromatic carbocycles. The third-order valence-electron chi connectivity index (χ3n) is 5.62. The lowest BCUT2D eigenvalue weighted by Gasteiger charge is -2.16. The highest BCUT2D eigenvalue weighted by Crippen LogP contribution is 2.34. The molecule has 0 unspecified atom stereocenters. The number of hydrogen-bond donors (Lipinski definition) is 1. The van der Waals surface area contributed by atoms with E-state index in [1.165, 1.54) is 15.5 Å². The van der Waals surface area contributed by atoms with Crippen LogP contribution in [0.3, 0.4) is 0 Å². The Morgan fingerprint density at radius 2 is 1.97 bits per heavy atom. The maximum absolute atomic E-state index is 15.7. The van der Waals surface area contributed by atoms with E-state index in [2.05, 4.69) is 32.1 Å². The first-order chi connectivity index (χ1) is 17.4. The van der Waals surface area contributed by atoms with Gasteiger partial charge in [-0.15, -0.1) is 0 Å². The maximum Gasteiger partial charge on any atom is 0.311 e. The number of benzene rings is 2. The Kier molecular flexibility index (Phi) is 6.69. The van der Waals surface area contributed by atoms with Crippen molar-refractivity contribution >= 4 is 56.9 Å². The van der Waals surface area contributed by atoms with Gasteiger partial charge in [-0.3, -0.25) is 9.78 Å². The van der Waals surface area contributed by atoms with Gasteiger partial charge >= 0.3 is 5.91 Å². The van der Waals surface area contributed by atoms with Crippen LogP contribution in [0.4, 0.5) is 21.6 Å². The number of anilines is 3. The quantitative estimate of drug-likeness (QED) is 0.164. The molecule has 4 aromatic rings. The third kappa shape index (κ3) is 5.23. The number of pyridine rings is 1. The predicted molar refractivity (Wildman–Crippen MR) is 145 cm³/mol. The number of fused-ring (bicyclic) bond motifs is 1. The molecule has 0 saturated heterocycles. The van der Waals surface area contributed by atoms with E-state index in [9.17, 15) is 4.79 Å². The maximum atomic E-state index is 15.7. The second-order valence-electron chi connectivity index (χ2n) is 8.49. The number of ether oxygens (including phenoxy) is 1. The van der Waals surface area contributed by atoms with E-state index in [1.807, 2.05) is 44.2 Å². The van der Waals surface area contributed by atoms with Crippen LogP contribution in [0.15, 0.2) is 55.0 Å². The molecule has 2 aromatic heterocycles. The molecule has 0 bridgehead atoms. The normalized spacial score (nSPS) is 12.6. The van der Waals surface area contributed by atoms with Gasteiger partial charge in [-0.05, 0) is 80.6 Å². The summed E-state index contributed by atoms with van der Waals surface area (Å²) in [6.45, 7) is 3.83. The van der Waals surface area contributed by atoms with Crippen LogP contribution < -0.4 is 13.2 Å². The fraction of sp³-hybridized carbons (Fsp3) is 0.185. The fourth-order valence-electron chi connectivity index (χ4n) is 3.52. The van der Waals surface area contributed by atoms with Gasteiger partial charge in [0, 0.05) is 17.3 Å². The number of nitrogens with one attached hydrogen (secondary N) is 1. The third-order valence-corrected chi connectivity index (χ3v) is 6.58. The Hall–Kier alpha value is -3.78. The van der Waals surface area contributed by atoms with Crippen LogP contribution in [0.5, 0.6) is 11.5 Å². The van der Waals surface area contributed by atoms with Gasteiger partial charge in [0.05, 0.1) is 45.7 Å². The number of hydrogen-bond acceptors (Lipinski definition) is 6. The molecule has 2 heterocycles. The first-order valence-electron chi connectivity index (χ1n) is 11.3. The van der Waals surface area contributed by atoms with Crippen molar-refractivity contribution in [2.45, 2.75) is 26.7 Å². The summed E-state index contributed by atoms with van der Waals surface area (Å²) < 4.78 is 22.8. The van der Waals surface area contributed by atoms with Gasteiger partial charge in [0.25, 0.3) is 0 Å². The first-order valence-corrected chi connectivity index (χ1v) is 12.3. The average Bonchev–Trinajstić information content (AvgIpc) is 3.70.